The summed E-state index contributed by atoms with van der Waals surface area (Å²) >= 11 is 0. The van der Waals surface area contributed by atoms with Gasteiger partial charge >= 0.3 is 5.97 Å². The first kappa shape index (κ1) is 22.3. The lowest BCUT2D eigenvalue weighted by molar-refractivity contribution is -0.150. The number of aromatic nitrogens is 1. The zero-order valence-corrected chi connectivity index (χ0v) is 19.5. The van der Waals surface area contributed by atoms with Crippen molar-refractivity contribution in [3.63, 3.8) is 0 Å². The number of likely N-dealkylation sites (tertiary alicyclic amines) is 1. The summed E-state index contributed by atoms with van der Waals surface area (Å²) in [5.41, 5.74) is 3.65. The van der Waals surface area contributed by atoms with E-state index < -0.39 is 17.9 Å². The number of anilines is 1. The first-order chi connectivity index (χ1) is 16.3. The number of ether oxygens (including phenoxy) is 1. The number of benzene rings is 2. The van der Waals surface area contributed by atoms with Gasteiger partial charge in [-0.2, -0.15) is 0 Å². The maximum Gasteiger partial charge on any atom is 0.308 e. The van der Waals surface area contributed by atoms with E-state index in [-0.39, 0.29) is 11.3 Å². The van der Waals surface area contributed by atoms with Crippen LogP contribution in [0.5, 0.6) is 5.75 Å². The van der Waals surface area contributed by atoms with Crippen molar-refractivity contribution in [2.75, 3.05) is 18.9 Å². The average molecular weight is 460 g/mol. The number of nitrogens with zero attached hydrogens (tertiary/aromatic N) is 2. The van der Waals surface area contributed by atoms with Gasteiger partial charge < -0.3 is 15.2 Å². The van der Waals surface area contributed by atoms with Crippen LogP contribution in [0, 0.1) is 18.3 Å². The van der Waals surface area contributed by atoms with Crippen molar-refractivity contribution in [2.24, 2.45) is 11.3 Å². The second kappa shape index (κ2) is 8.72. The Labute approximate surface area is 198 Å². The van der Waals surface area contributed by atoms with Crippen LogP contribution in [-0.4, -0.2) is 46.5 Å². The van der Waals surface area contributed by atoms with Crippen LogP contribution < -0.4 is 10.1 Å². The Morgan fingerprint density at radius 3 is 2.62 bits per heavy atom. The van der Waals surface area contributed by atoms with E-state index in [4.69, 9.17) is 4.74 Å². The van der Waals surface area contributed by atoms with Gasteiger partial charge in [0.2, 0.25) is 5.91 Å². The number of likely N-dealkylation sites (N-methyl/N-ethyl adjacent to an activating group) is 1. The van der Waals surface area contributed by atoms with Crippen LogP contribution in [0.2, 0.25) is 0 Å². The number of fused-ring (bicyclic) bond motifs is 1. The summed E-state index contributed by atoms with van der Waals surface area (Å²) in [6.45, 7) is 3.14. The maximum absolute atomic E-state index is 13.0. The third-order valence-electron chi connectivity index (χ3n) is 7.08. The lowest BCUT2D eigenvalue weighted by Gasteiger charge is -2.40. The molecule has 2 aliphatic rings. The molecule has 34 heavy (non-hydrogen) atoms. The van der Waals surface area contributed by atoms with E-state index in [9.17, 15) is 14.7 Å². The van der Waals surface area contributed by atoms with Crippen molar-refractivity contribution in [3.8, 4) is 5.75 Å². The van der Waals surface area contributed by atoms with E-state index in [0.717, 1.165) is 41.5 Å². The van der Waals surface area contributed by atoms with Gasteiger partial charge in [0, 0.05) is 28.9 Å². The highest BCUT2D eigenvalue weighted by atomic mass is 16.5. The van der Waals surface area contributed by atoms with Crippen molar-refractivity contribution in [3.05, 3.63) is 65.9 Å². The third-order valence-corrected chi connectivity index (χ3v) is 7.08. The molecular weight excluding hydrogens is 430 g/mol. The van der Waals surface area contributed by atoms with Crippen molar-refractivity contribution < 1.29 is 19.4 Å². The van der Waals surface area contributed by atoms with Gasteiger partial charge in [-0.05, 0) is 75.0 Å². The molecule has 1 saturated heterocycles. The predicted molar refractivity (Wildman–Crippen MR) is 130 cm³/mol. The first-order valence-electron chi connectivity index (χ1n) is 11.7. The minimum Gasteiger partial charge on any atom is -0.489 e. The Morgan fingerprint density at radius 1 is 1.18 bits per heavy atom. The zero-order chi connectivity index (χ0) is 23.9. The average Bonchev–Trinajstić information content (AvgIpc) is 3.55. The van der Waals surface area contributed by atoms with E-state index in [2.05, 4.69) is 10.3 Å². The smallest absolute Gasteiger partial charge is 0.308 e. The number of piperidine rings is 1. The van der Waals surface area contributed by atoms with Crippen molar-refractivity contribution in [2.45, 2.75) is 38.8 Å². The summed E-state index contributed by atoms with van der Waals surface area (Å²) in [7, 11) is 1.85. The summed E-state index contributed by atoms with van der Waals surface area (Å²) < 4.78 is 6.00. The number of amides is 1. The summed E-state index contributed by atoms with van der Waals surface area (Å²) in [4.78, 5) is 31.4. The largest absolute Gasteiger partial charge is 0.489 e. The number of para-hydroxylation sites is 1. The molecule has 1 aromatic heterocycles. The molecular formula is C27H29N3O4. The lowest BCUT2D eigenvalue weighted by Crippen LogP contribution is -2.55. The van der Waals surface area contributed by atoms with Crippen LogP contribution in [0.25, 0.3) is 10.9 Å². The van der Waals surface area contributed by atoms with Crippen molar-refractivity contribution in [1.29, 1.82) is 0 Å². The highest BCUT2D eigenvalue weighted by molar-refractivity contribution is 5.97. The van der Waals surface area contributed by atoms with Gasteiger partial charge in [0.25, 0.3) is 0 Å². The number of hydrogen-bond acceptors (Lipinski definition) is 5. The van der Waals surface area contributed by atoms with Crippen molar-refractivity contribution in [1.82, 2.24) is 9.88 Å². The number of aliphatic carboxylic acids is 1. The summed E-state index contributed by atoms with van der Waals surface area (Å²) in [6.07, 6.45) is 2.66. The molecule has 0 radical (unpaired) electrons. The van der Waals surface area contributed by atoms with E-state index in [0.29, 0.717) is 24.5 Å². The molecule has 1 amide bonds. The molecule has 2 atom stereocenters. The highest BCUT2D eigenvalue weighted by Crippen LogP contribution is 2.54. The number of hydrogen-bond donors (Lipinski definition) is 2. The maximum atomic E-state index is 13.0. The van der Waals surface area contributed by atoms with E-state index in [1.165, 1.54) is 0 Å². The molecule has 2 fully saturated rings. The molecule has 1 spiro atoms. The number of rotatable bonds is 6. The number of aryl methyl sites for hydroxylation is 1. The van der Waals surface area contributed by atoms with Crippen LogP contribution in [0.3, 0.4) is 0 Å². The molecule has 3 aromatic rings. The second-order valence-electron chi connectivity index (χ2n) is 9.75. The minimum absolute atomic E-state index is 0.0895. The SMILES string of the molecule is Cc1cc(COc2ccc(NC(=O)[C@@H]3[C@@H](C(=O)O)CC4(CC4)CN3C)cc2)c2ccccc2n1. The van der Waals surface area contributed by atoms with Crippen LogP contribution in [0.4, 0.5) is 5.69 Å². The number of nitrogens with one attached hydrogen (secondary N) is 1. The van der Waals surface area contributed by atoms with Gasteiger partial charge in [0.15, 0.2) is 0 Å². The Kier molecular flexibility index (Phi) is 5.73. The number of carbonyl (C=O) groups is 2. The molecule has 5 rings (SSSR count). The molecule has 2 aromatic carbocycles. The molecule has 7 heteroatoms. The number of carbonyl (C=O) groups excluding carboxylic acids is 1. The summed E-state index contributed by atoms with van der Waals surface area (Å²) in [5, 5.41) is 13.7. The fourth-order valence-electron chi connectivity index (χ4n) is 5.25. The van der Waals surface area contributed by atoms with Crippen LogP contribution in [0.1, 0.15) is 30.5 Å². The number of carboxylic acid groups (broad SMARTS) is 1. The van der Waals surface area contributed by atoms with Crippen LogP contribution >= 0.6 is 0 Å². The summed E-state index contributed by atoms with van der Waals surface area (Å²) in [5.74, 6) is -1.19. The Hall–Kier alpha value is -3.45. The number of pyridine rings is 1. The second-order valence-corrected chi connectivity index (χ2v) is 9.75. The lowest BCUT2D eigenvalue weighted by atomic mass is 9.81. The Balaban J connectivity index is 1.24. The molecule has 0 unspecified atom stereocenters. The quantitative estimate of drug-likeness (QED) is 0.573. The Bertz CT molecular complexity index is 1240. The molecule has 7 nitrogen and oxygen atoms in total. The van der Waals surface area contributed by atoms with E-state index in [1.54, 1.807) is 12.1 Å². The standard InChI is InChI=1S/C27H29N3O4/c1-17-13-18(21-5-3-4-6-23(21)28-17)15-34-20-9-7-19(8-10-20)29-25(31)24-22(26(32)33)14-27(11-12-27)16-30(24)2/h3-10,13,22,24H,11-12,14-16H2,1-2H3,(H,29,31)(H,32,33)/t22-,24-/m0/s1. The van der Waals surface area contributed by atoms with Crippen LogP contribution in [-0.2, 0) is 16.2 Å². The van der Waals surface area contributed by atoms with Gasteiger partial charge in [-0.3, -0.25) is 19.5 Å². The van der Waals surface area contributed by atoms with Gasteiger partial charge in [0.1, 0.15) is 18.4 Å². The Morgan fingerprint density at radius 2 is 1.91 bits per heavy atom. The third kappa shape index (κ3) is 4.48. The molecule has 176 valence electrons. The van der Waals surface area contributed by atoms with Crippen molar-refractivity contribution >= 4 is 28.5 Å². The minimum atomic E-state index is -0.902. The molecule has 2 N–H and O–H groups in total. The van der Waals surface area contributed by atoms with Gasteiger partial charge in [0.05, 0.1) is 11.4 Å². The predicted octanol–water partition coefficient (Wildman–Crippen LogP) is 4.25. The van der Waals surface area contributed by atoms with E-state index >= 15 is 0 Å². The van der Waals surface area contributed by atoms with Gasteiger partial charge in [-0.15, -0.1) is 0 Å². The molecule has 1 aliphatic heterocycles. The monoisotopic (exact) mass is 459 g/mol. The van der Waals surface area contributed by atoms with Gasteiger partial charge in [-0.25, -0.2) is 0 Å². The van der Waals surface area contributed by atoms with Crippen LogP contribution in [0.15, 0.2) is 54.6 Å². The fraction of sp³-hybridized carbons (Fsp3) is 0.370. The normalized spacial score (nSPS) is 21.4. The summed E-state index contributed by atoms with van der Waals surface area (Å²) in [6, 6.07) is 16.5. The number of carboxylic acids is 1. The first-order valence-corrected chi connectivity index (χ1v) is 11.7. The molecule has 1 aliphatic carbocycles. The van der Waals surface area contributed by atoms with Gasteiger partial charge in [-0.1, -0.05) is 18.2 Å². The fourth-order valence-corrected chi connectivity index (χ4v) is 5.25. The zero-order valence-electron chi connectivity index (χ0n) is 19.5. The topological polar surface area (TPSA) is 91.8 Å². The molecule has 1 saturated carbocycles. The molecule has 2 heterocycles. The highest BCUT2D eigenvalue weighted by Gasteiger charge is 2.54. The van der Waals surface area contributed by atoms with E-state index in [1.807, 2.05) is 61.3 Å². The molecule has 0 bridgehead atoms.